The van der Waals surface area contributed by atoms with E-state index in [1.54, 1.807) is 18.7 Å². The average Bonchev–Trinajstić information content (AvgIpc) is 2.80. The molecule has 2 heterocycles. The first kappa shape index (κ1) is 10.9. The lowest BCUT2D eigenvalue weighted by Crippen LogP contribution is -1.92. The van der Waals surface area contributed by atoms with Gasteiger partial charge in [-0.05, 0) is 18.6 Å². The molecule has 0 saturated carbocycles. The Balaban J connectivity index is 2.20. The third-order valence-corrected chi connectivity index (χ3v) is 2.64. The van der Waals surface area contributed by atoms with E-state index in [4.69, 9.17) is 4.42 Å². The summed E-state index contributed by atoms with van der Waals surface area (Å²) in [4.78, 5) is 8.49. The van der Waals surface area contributed by atoms with Crippen molar-refractivity contribution in [3.63, 3.8) is 0 Å². The number of aromatic nitrogens is 2. The first-order valence-corrected chi connectivity index (χ1v) is 5.67. The molecule has 0 fully saturated rings. The number of hydrogen-bond acceptors (Lipinski definition) is 3. The number of oxazole rings is 1. The molecule has 0 aromatic carbocycles. The first-order valence-electron chi connectivity index (χ1n) is 5.67. The molecule has 2 rings (SSSR count). The van der Waals surface area contributed by atoms with Gasteiger partial charge in [0.25, 0.3) is 0 Å². The second-order valence-electron chi connectivity index (χ2n) is 4.00. The summed E-state index contributed by atoms with van der Waals surface area (Å²) in [7, 11) is 0. The molecule has 2 aromatic rings. The normalized spacial score (nSPS) is 12.6. The second kappa shape index (κ2) is 4.92. The molecule has 0 aliphatic rings. The van der Waals surface area contributed by atoms with Gasteiger partial charge in [0.15, 0.2) is 5.89 Å². The Morgan fingerprint density at radius 3 is 2.75 bits per heavy atom. The van der Waals surface area contributed by atoms with Crippen molar-refractivity contribution in [1.29, 1.82) is 0 Å². The Hall–Kier alpha value is -1.64. The third kappa shape index (κ3) is 2.30. The lowest BCUT2D eigenvalue weighted by Gasteiger charge is -2.03. The quantitative estimate of drug-likeness (QED) is 0.783. The summed E-state index contributed by atoms with van der Waals surface area (Å²) in [6.45, 7) is 4.31. The van der Waals surface area contributed by atoms with Gasteiger partial charge in [-0.3, -0.25) is 4.98 Å². The first-order chi connectivity index (χ1) is 7.81. The Morgan fingerprint density at radius 2 is 2.06 bits per heavy atom. The molecule has 2 aromatic heterocycles. The van der Waals surface area contributed by atoms with Gasteiger partial charge in [0.05, 0.1) is 0 Å². The molecule has 0 aliphatic heterocycles. The predicted molar refractivity (Wildman–Crippen MR) is 63.1 cm³/mol. The van der Waals surface area contributed by atoms with E-state index >= 15 is 0 Å². The molecule has 0 spiro atoms. The van der Waals surface area contributed by atoms with Crippen LogP contribution < -0.4 is 0 Å². The summed E-state index contributed by atoms with van der Waals surface area (Å²) >= 11 is 0. The van der Waals surface area contributed by atoms with Crippen LogP contribution in [-0.2, 0) is 0 Å². The minimum Gasteiger partial charge on any atom is -0.448 e. The van der Waals surface area contributed by atoms with Gasteiger partial charge in [-0.2, -0.15) is 0 Å². The highest BCUT2D eigenvalue weighted by atomic mass is 16.3. The van der Waals surface area contributed by atoms with E-state index in [9.17, 15) is 0 Å². The van der Waals surface area contributed by atoms with Gasteiger partial charge in [0.1, 0.15) is 12.0 Å². The van der Waals surface area contributed by atoms with Crippen LogP contribution >= 0.6 is 0 Å². The topological polar surface area (TPSA) is 38.9 Å². The van der Waals surface area contributed by atoms with Crippen LogP contribution in [0.2, 0.25) is 0 Å². The zero-order valence-corrected chi connectivity index (χ0v) is 9.68. The third-order valence-electron chi connectivity index (χ3n) is 2.64. The fourth-order valence-corrected chi connectivity index (χ4v) is 1.73. The molecule has 0 bridgehead atoms. The number of rotatable bonds is 4. The maximum atomic E-state index is 5.50. The van der Waals surface area contributed by atoms with Crippen LogP contribution in [0, 0.1) is 0 Å². The van der Waals surface area contributed by atoms with Gasteiger partial charge >= 0.3 is 0 Å². The zero-order chi connectivity index (χ0) is 11.4. The monoisotopic (exact) mass is 216 g/mol. The molecule has 0 saturated heterocycles. The van der Waals surface area contributed by atoms with Crippen molar-refractivity contribution in [3.05, 3.63) is 36.7 Å². The van der Waals surface area contributed by atoms with E-state index in [0.29, 0.717) is 5.92 Å². The van der Waals surface area contributed by atoms with Crippen LogP contribution in [0.1, 0.15) is 38.5 Å². The fraction of sp³-hybridized carbons (Fsp3) is 0.385. The van der Waals surface area contributed by atoms with E-state index in [-0.39, 0.29) is 0 Å². The number of nitrogens with zero attached hydrogens (tertiary/aromatic N) is 2. The molecule has 1 atom stereocenters. The largest absolute Gasteiger partial charge is 0.448 e. The Bertz CT molecular complexity index is 436. The van der Waals surface area contributed by atoms with Crippen LogP contribution in [0.25, 0.3) is 11.3 Å². The van der Waals surface area contributed by atoms with Crippen molar-refractivity contribution in [2.24, 2.45) is 0 Å². The summed E-state index contributed by atoms with van der Waals surface area (Å²) in [5, 5.41) is 0. The van der Waals surface area contributed by atoms with Crippen molar-refractivity contribution in [2.75, 3.05) is 0 Å². The Labute approximate surface area is 95.5 Å². The molecule has 0 aliphatic carbocycles. The highest BCUT2D eigenvalue weighted by Gasteiger charge is 2.12. The molecular formula is C13H16N2O. The number of hydrogen-bond donors (Lipinski definition) is 0. The van der Waals surface area contributed by atoms with Crippen LogP contribution in [0.3, 0.4) is 0 Å². The predicted octanol–water partition coefficient (Wildman–Crippen LogP) is 3.64. The highest BCUT2D eigenvalue weighted by Crippen LogP contribution is 2.24. The Morgan fingerprint density at radius 1 is 1.31 bits per heavy atom. The van der Waals surface area contributed by atoms with E-state index in [2.05, 4.69) is 23.8 Å². The van der Waals surface area contributed by atoms with Gasteiger partial charge in [-0.1, -0.05) is 20.3 Å². The van der Waals surface area contributed by atoms with Crippen molar-refractivity contribution in [2.45, 2.75) is 32.6 Å². The van der Waals surface area contributed by atoms with Crippen molar-refractivity contribution < 1.29 is 4.42 Å². The Kier molecular flexibility index (Phi) is 3.34. The van der Waals surface area contributed by atoms with Gasteiger partial charge < -0.3 is 4.42 Å². The fourth-order valence-electron chi connectivity index (χ4n) is 1.73. The van der Waals surface area contributed by atoms with Gasteiger partial charge in [0, 0.05) is 23.9 Å². The maximum absolute atomic E-state index is 5.50. The molecule has 3 heteroatoms. The molecule has 1 unspecified atom stereocenters. The summed E-state index contributed by atoms with van der Waals surface area (Å²) in [6, 6.07) is 3.87. The van der Waals surface area contributed by atoms with Crippen LogP contribution in [0.5, 0.6) is 0 Å². The lowest BCUT2D eigenvalue weighted by molar-refractivity contribution is 0.444. The van der Waals surface area contributed by atoms with E-state index in [1.807, 2.05) is 12.1 Å². The van der Waals surface area contributed by atoms with Crippen LogP contribution in [0.15, 0.2) is 35.2 Å². The van der Waals surface area contributed by atoms with E-state index in [0.717, 1.165) is 30.0 Å². The molecule has 3 nitrogen and oxygen atoms in total. The minimum absolute atomic E-state index is 0.389. The van der Waals surface area contributed by atoms with Crippen molar-refractivity contribution >= 4 is 0 Å². The maximum Gasteiger partial charge on any atom is 0.197 e. The molecule has 16 heavy (non-hydrogen) atoms. The van der Waals surface area contributed by atoms with Crippen LogP contribution in [0.4, 0.5) is 0 Å². The van der Waals surface area contributed by atoms with E-state index < -0.39 is 0 Å². The van der Waals surface area contributed by atoms with Crippen molar-refractivity contribution in [1.82, 2.24) is 9.97 Å². The minimum atomic E-state index is 0.389. The SMILES string of the molecule is CCCC(C)c1nc(-c2ccncc2)co1. The second-order valence-corrected chi connectivity index (χ2v) is 4.00. The smallest absolute Gasteiger partial charge is 0.197 e. The number of pyridine rings is 1. The lowest BCUT2D eigenvalue weighted by atomic mass is 10.1. The molecular weight excluding hydrogens is 200 g/mol. The average molecular weight is 216 g/mol. The summed E-state index contributed by atoms with van der Waals surface area (Å²) in [5.41, 5.74) is 1.94. The van der Waals surface area contributed by atoms with Crippen molar-refractivity contribution in [3.8, 4) is 11.3 Å². The molecule has 84 valence electrons. The molecule has 0 amide bonds. The van der Waals surface area contributed by atoms with Gasteiger partial charge in [0.2, 0.25) is 0 Å². The van der Waals surface area contributed by atoms with E-state index in [1.165, 1.54) is 0 Å². The van der Waals surface area contributed by atoms with Gasteiger partial charge in [-0.15, -0.1) is 0 Å². The standard InChI is InChI=1S/C13H16N2O/c1-3-4-10(2)13-15-12(9-16-13)11-5-7-14-8-6-11/h5-10H,3-4H2,1-2H3. The zero-order valence-electron chi connectivity index (χ0n) is 9.68. The molecule has 0 radical (unpaired) electrons. The summed E-state index contributed by atoms with van der Waals surface area (Å²) < 4.78 is 5.50. The molecule has 0 N–H and O–H groups in total. The highest BCUT2D eigenvalue weighted by molar-refractivity contribution is 5.56. The summed E-state index contributed by atoms with van der Waals surface area (Å²) in [6.07, 6.45) is 7.50. The van der Waals surface area contributed by atoms with Crippen LogP contribution in [-0.4, -0.2) is 9.97 Å². The summed E-state index contributed by atoms with van der Waals surface area (Å²) in [5.74, 6) is 1.22. The van der Waals surface area contributed by atoms with Gasteiger partial charge in [-0.25, -0.2) is 4.98 Å².